The van der Waals surface area contributed by atoms with Gasteiger partial charge in [0.05, 0.1) is 13.2 Å². The molecule has 0 spiro atoms. The summed E-state index contributed by atoms with van der Waals surface area (Å²) in [5.41, 5.74) is 1.54. The molecule has 2 N–H and O–H groups in total. The third kappa shape index (κ3) is 7.98. The van der Waals surface area contributed by atoms with Crippen LogP contribution in [0.15, 0.2) is 23.2 Å². The Kier molecular flexibility index (Phi) is 9.29. The van der Waals surface area contributed by atoms with Gasteiger partial charge in [-0.15, -0.1) is 0 Å². The Morgan fingerprint density at radius 3 is 2.74 bits per heavy atom. The largest absolute Gasteiger partial charge is 0.380 e. The van der Waals surface area contributed by atoms with E-state index >= 15 is 0 Å². The number of nitrogens with zero attached hydrogens (tertiary/aromatic N) is 1. The Hall–Kier alpha value is -1.62. The molecule has 23 heavy (non-hydrogen) atoms. The Morgan fingerprint density at radius 1 is 1.30 bits per heavy atom. The van der Waals surface area contributed by atoms with Crippen LogP contribution in [0.4, 0.5) is 4.39 Å². The fraction of sp³-hybridized carbons (Fsp3) is 0.611. The predicted octanol–water partition coefficient (Wildman–Crippen LogP) is 3.46. The highest BCUT2D eigenvalue weighted by atomic mass is 19.1. The summed E-state index contributed by atoms with van der Waals surface area (Å²) in [5, 5.41) is 6.57. The summed E-state index contributed by atoms with van der Waals surface area (Å²) < 4.78 is 18.6. The van der Waals surface area contributed by atoms with Crippen LogP contribution in [-0.2, 0) is 17.9 Å². The molecule has 0 aliphatic rings. The lowest BCUT2D eigenvalue weighted by atomic mass is 10.1. The van der Waals surface area contributed by atoms with Gasteiger partial charge in [0.2, 0.25) is 0 Å². The zero-order valence-corrected chi connectivity index (χ0v) is 14.8. The lowest BCUT2D eigenvalue weighted by Gasteiger charge is -2.12. The summed E-state index contributed by atoms with van der Waals surface area (Å²) in [4.78, 5) is 4.56. The van der Waals surface area contributed by atoms with Gasteiger partial charge in [0, 0.05) is 25.8 Å². The SMILES string of the molecule is CCNC(=NCc1ccc(F)c(COC)c1)NCCCC(C)C. The number of hydrogen-bond acceptors (Lipinski definition) is 2. The maximum atomic E-state index is 13.6. The quantitative estimate of drug-likeness (QED) is 0.415. The molecule has 0 amide bonds. The minimum atomic E-state index is -0.238. The average molecular weight is 323 g/mol. The number of hydrogen-bond donors (Lipinski definition) is 2. The second-order valence-corrected chi connectivity index (χ2v) is 6.02. The number of guanidine groups is 1. The first-order valence-electron chi connectivity index (χ1n) is 8.35. The molecule has 1 aromatic carbocycles. The molecule has 0 unspecified atom stereocenters. The number of ether oxygens (including phenoxy) is 1. The molecule has 0 aromatic heterocycles. The van der Waals surface area contributed by atoms with Crippen molar-refractivity contribution in [1.82, 2.24) is 10.6 Å². The number of rotatable bonds is 9. The van der Waals surface area contributed by atoms with Crippen molar-refractivity contribution in [3.8, 4) is 0 Å². The van der Waals surface area contributed by atoms with E-state index < -0.39 is 0 Å². The first-order chi connectivity index (χ1) is 11.1. The summed E-state index contributed by atoms with van der Waals surface area (Å²) in [6, 6.07) is 5.05. The topological polar surface area (TPSA) is 45.7 Å². The van der Waals surface area contributed by atoms with Crippen LogP contribution in [0.5, 0.6) is 0 Å². The lowest BCUT2D eigenvalue weighted by Crippen LogP contribution is -2.37. The van der Waals surface area contributed by atoms with Crippen molar-refractivity contribution < 1.29 is 9.13 Å². The molecule has 5 heteroatoms. The molecular weight excluding hydrogens is 293 g/mol. The zero-order valence-electron chi connectivity index (χ0n) is 14.8. The van der Waals surface area contributed by atoms with E-state index in [2.05, 4.69) is 29.5 Å². The van der Waals surface area contributed by atoms with E-state index in [0.717, 1.165) is 37.0 Å². The molecule has 0 bridgehead atoms. The monoisotopic (exact) mass is 323 g/mol. The van der Waals surface area contributed by atoms with Gasteiger partial charge in [0.25, 0.3) is 0 Å². The highest BCUT2D eigenvalue weighted by Gasteiger charge is 2.04. The number of nitrogens with one attached hydrogen (secondary N) is 2. The molecule has 0 saturated heterocycles. The molecule has 0 aliphatic carbocycles. The van der Waals surface area contributed by atoms with Gasteiger partial charge >= 0.3 is 0 Å². The normalized spacial score (nSPS) is 11.8. The van der Waals surface area contributed by atoms with Gasteiger partial charge in [-0.3, -0.25) is 0 Å². The van der Waals surface area contributed by atoms with Gasteiger partial charge in [-0.1, -0.05) is 19.9 Å². The standard InChI is InChI=1S/C18H30FN3O/c1-5-20-18(21-10-6-7-14(2)3)22-12-15-8-9-17(19)16(11-15)13-23-4/h8-9,11,14H,5-7,10,12-13H2,1-4H3,(H2,20,21,22). The smallest absolute Gasteiger partial charge is 0.191 e. The van der Waals surface area contributed by atoms with Crippen molar-refractivity contribution in [1.29, 1.82) is 0 Å². The van der Waals surface area contributed by atoms with E-state index in [-0.39, 0.29) is 12.4 Å². The highest BCUT2D eigenvalue weighted by molar-refractivity contribution is 5.79. The maximum Gasteiger partial charge on any atom is 0.191 e. The Labute approximate surface area is 139 Å². The molecular formula is C18H30FN3O. The zero-order chi connectivity index (χ0) is 17.1. The van der Waals surface area contributed by atoms with Crippen LogP contribution >= 0.6 is 0 Å². The maximum absolute atomic E-state index is 13.6. The van der Waals surface area contributed by atoms with E-state index in [1.165, 1.54) is 12.5 Å². The Balaban J connectivity index is 2.60. The van der Waals surface area contributed by atoms with E-state index in [1.807, 2.05) is 13.0 Å². The van der Waals surface area contributed by atoms with E-state index in [4.69, 9.17) is 4.74 Å². The van der Waals surface area contributed by atoms with Gasteiger partial charge in [0.1, 0.15) is 5.82 Å². The van der Waals surface area contributed by atoms with Crippen LogP contribution in [0.25, 0.3) is 0 Å². The van der Waals surface area contributed by atoms with Crippen LogP contribution in [0, 0.1) is 11.7 Å². The molecule has 130 valence electrons. The molecule has 1 aromatic rings. The summed E-state index contributed by atoms with van der Waals surface area (Å²) in [6.07, 6.45) is 2.32. The lowest BCUT2D eigenvalue weighted by molar-refractivity contribution is 0.181. The second-order valence-electron chi connectivity index (χ2n) is 6.02. The van der Waals surface area contributed by atoms with Crippen molar-refractivity contribution in [3.05, 3.63) is 35.1 Å². The molecule has 0 heterocycles. The number of methoxy groups -OCH3 is 1. The van der Waals surface area contributed by atoms with E-state index in [9.17, 15) is 4.39 Å². The highest BCUT2D eigenvalue weighted by Crippen LogP contribution is 2.12. The van der Waals surface area contributed by atoms with Gasteiger partial charge in [-0.2, -0.15) is 0 Å². The molecule has 0 fully saturated rings. The number of aliphatic imine (C=N–C) groups is 1. The van der Waals surface area contributed by atoms with Crippen LogP contribution in [-0.4, -0.2) is 26.2 Å². The molecule has 0 saturated carbocycles. The first-order valence-corrected chi connectivity index (χ1v) is 8.35. The first kappa shape index (κ1) is 19.4. The number of benzene rings is 1. The fourth-order valence-corrected chi connectivity index (χ4v) is 2.22. The minimum Gasteiger partial charge on any atom is -0.380 e. The average Bonchev–Trinajstić information content (AvgIpc) is 2.51. The molecule has 4 nitrogen and oxygen atoms in total. The van der Waals surface area contributed by atoms with Crippen LogP contribution in [0.3, 0.4) is 0 Å². The molecule has 0 atom stereocenters. The fourth-order valence-electron chi connectivity index (χ4n) is 2.22. The summed E-state index contributed by atoms with van der Waals surface area (Å²) >= 11 is 0. The van der Waals surface area contributed by atoms with Gasteiger partial charge in [-0.05, 0) is 43.4 Å². The van der Waals surface area contributed by atoms with Crippen LogP contribution in [0.1, 0.15) is 44.7 Å². The third-order valence-corrected chi connectivity index (χ3v) is 3.42. The van der Waals surface area contributed by atoms with Gasteiger partial charge in [0.15, 0.2) is 5.96 Å². The van der Waals surface area contributed by atoms with Crippen molar-refractivity contribution in [3.63, 3.8) is 0 Å². The third-order valence-electron chi connectivity index (χ3n) is 3.42. The summed E-state index contributed by atoms with van der Waals surface area (Å²) in [7, 11) is 1.56. The van der Waals surface area contributed by atoms with Crippen molar-refractivity contribution in [2.24, 2.45) is 10.9 Å². The molecule has 1 rings (SSSR count). The van der Waals surface area contributed by atoms with Crippen molar-refractivity contribution in [2.45, 2.75) is 46.8 Å². The molecule has 0 aliphatic heterocycles. The molecule has 0 radical (unpaired) electrons. The Bertz CT molecular complexity index is 489. The van der Waals surface area contributed by atoms with E-state index in [1.54, 1.807) is 13.2 Å². The van der Waals surface area contributed by atoms with Crippen molar-refractivity contribution >= 4 is 5.96 Å². The van der Waals surface area contributed by atoms with E-state index in [0.29, 0.717) is 12.1 Å². The Morgan fingerprint density at radius 2 is 2.09 bits per heavy atom. The van der Waals surface area contributed by atoms with Gasteiger partial charge < -0.3 is 15.4 Å². The van der Waals surface area contributed by atoms with Crippen LogP contribution in [0.2, 0.25) is 0 Å². The predicted molar refractivity (Wildman–Crippen MR) is 94.0 cm³/mol. The van der Waals surface area contributed by atoms with Crippen LogP contribution < -0.4 is 10.6 Å². The summed E-state index contributed by atoms with van der Waals surface area (Å²) in [6.45, 7) is 9.00. The number of halogens is 1. The van der Waals surface area contributed by atoms with Gasteiger partial charge in [-0.25, -0.2) is 9.38 Å². The van der Waals surface area contributed by atoms with Crippen molar-refractivity contribution in [2.75, 3.05) is 20.2 Å². The second kappa shape index (κ2) is 11.0. The minimum absolute atomic E-state index is 0.238. The summed E-state index contributed by atoms with van der Waals surface area (Å²) in [5.74, 6) is 1.28.